The highest BCUT2D eigenvalue weighted by molar-refractivity contribution is 7.99. The van der Waals surface area contributed by atoms with Crippen LogP contribution in [0, 0.1) is 5.92 Å². The predicted molar refractivity (Wildman–Crippen MR) is 86.5 cm³/mol. The van der Waals surface area contributed by atoms with Crippen LogP contribution in [0.4, 0.5) is 0 Å². The van der Waals surface area contributed by atoms with Crippen LogP contribution in [-0.4, -0.2) is 47.4 Å². The highest BCUT2D eigenvalue weighted by Crippen LogP contribution is 2.32. The lowest BCUT2D eigenvalue weighted by Gasteiger charge is -2.36. The van der Waals surface area contributed by atoms with Crippen LogP contribution in [0.2, 0.25) is 0 Å². The average Bonchev–Trinajstić information content (AvgIpc) is 2.49. The molecule has 1 heterocycles. The lowest BCUT2D eigenvalue weighted by Crippen LogP contribution is -2.46. The zero-order valence-corrected chi connectivity index (χ0v) is 13.9. The second-order valence-corrected chi connectivity index (χ2v) is 7.78. The Balaban J connectivity index is 1.65. The Kier molecular flexibility index (Phi) is 6.83. The minimum absolute atomic E-state index is 0.0147. The van der Waals surface area contributed by atoms with E-state index in [1.165, 1.54) is 25.0 Å². The number of carbonyl (C=O) groups is 1. The van der Waals surface area contributed by atoms with Gasteiger partial charge in [0.2, 0.25) is 0 Å². The largest absolute Gasteiger partial charge is 0.466 e. The van der Waals surface area contributed by atoms with E-state index in [0.29, 0.717) is 31.2 Å². The first-order valence-corrected chi connectivity index (χ1v) is 9.39. The van der Waals surface area contributed by atoms with Crippen molar-refractivity contribution in [1.29, 1.82) is 0 Å². The molecule has 0 aromatic heterocycles. The van der Waals surface area contributed by atoms with Gasteiger partial charge in [-0.15, -0.1) is 0 Å². The van der Waals surface area contributed by atoms with E-state index in [-0.39, 0.29) is 11.9 Å². The first kappa shape index (κ1) is 17.1. The third kappa shape index (κ3) is 5.46. The van der Waals surface area contributed by atoms with E-state index in [0.717, 1.165) is 19.4 Å². The molecule has 0 aromatic rings. The van der Waals surface area contributed by atoms with Gasteiger partial charge < -0.3 is 15.2 Å². The van der Waals surface area contributed by atoms with Crippen molar-refractivity contribution in [2.45, 2.75) is 62.7 Å². The number of carbonyl (C=O) groups excluding carboxylic acids is 1. The quantitative estimate of drug-likeness (QED) is 0.737. The maximum atomic E-state index is 11.7. The molecule has 1 saturated heterocycles. The molecule has 1 aliphatic carbocycles. The van der Waals surface area contributed by atoms with Gasteiger partial charge >= 0.3 is 5.97 Å². The molecule has 1 aliphatic heterocycles. The number of aliphatic hydroxyl groups is 1. The minimum Gasteiger partial charge on any atom is -0.466 e. The van der Waals surface area contributed by atoms with E-state index in [2.05, 4.69) is 17.1 Å². The van der Waals surface area contributed by atoms with Crippen LogP contribution in [0.3, 0.4) is 0 Å². The van der Waals surface area contributed by atoms with Gasteiger partial charge in [0, 0.05) is 18.3 Å². The van der Waals surface area contributed by atoms with E-state index in [9.17, 15) is 9.90 Å². The fraction of sp³-hybridized carbons (Fsp3) is 0.938. The van der Waals surface area contributed by atoms with Crippen molar-refractivity contribution in [2.75, 3.05) is 25.4 Å². The molecule has 1 saturated carbocycles. The van der Waals surface area contributed by atoms with Crippen molar-refractivity contribution in [3.05, 3.63) is 0 Å². The van der Waals surface area contributed by atoms with E-state index < -0.39 is 5.60 Å². The molecule has 5 heteroatoms. The standard InChI is InChI=1S/C16H29NO3S/c1-2-20-15(18)13-6-8-16(19,9-7-13)12-17-11-14-5-3-4-10-21-14/h13-14,17,19H,2-12H2,1H3. The third-order valence-corrected chi connectivity index (χ3v) is 6.03. The van der Waals surface area contributed by atoms with Gasteiger partial charge in [0.25, 0.3) is 0 Å². The van der Waals surface area contributed by atoms with Crippen LogP contribution in [0.1, 0.15) is 51.9 Å². The summed E-state index contributed by atoms with van der Waals surface area (Å²) in [4.78, 5) is 11.7. The average molecular weight is 315 g/mol. The summed E-state index contributed by atoms with van der Waals surface area (Å²) in [7, 11) is 0. The molecule has 1 atom stereocenters. The zero-order valence-electron chi connectivity index (χ0n) is 13.1. The van der Waals surface area contributed by atoms with Crippen LogP contribution in [0.5, 0.6) is 0 Å². The zero-order chi connectivity index (χ0) is 15.1. The van der Waals surface area contributed by atoms with Crippen LogP contribution >= 0.6 is 11.8 Å². The molecule has 4 nitrogen and oxygen atoms in total. The number of hydrogen-bond donors (Lipinski definition) is 2. The number of esters is 1. The first-order chi connectivity index (χ1) is 10.1. The molecule has 21 heavy (non-hydrogen) atoms. The summed E-state index contributed by atoms with van der Waals surface area (Å²) in [6.45, 7) is 3.93. The second kappa shape index (κ2) is 8.39. The highest BCUT2D eigenvalue weighted by atomic mass is 32.2. The normalized spacial score (nSPS) is 33.6. The monoisotopic (exact) mass is 315 g/mol. The Morgan fingerprint density at radius 1 is 1.33 bits per heavy atom. The number of hydrogen-bond acceptors (Lipinski definition) is 5. The van der Waals surface area contributed by atoms with Gasteiger partial charge in [-0.1, -0.05) is 6.42 Å². The summed E-state index contributed by atoms with van der Waals surface area (Å²) in [6, 6.07) is 0. The van der Waals surface area contributed by atoms with Crippen LogP contribution in [-0.2, 0) is 9.53 Å². The molecule has 1 unspecified atom stereocenters. The molecule has 0 bridgehead atoms. The van der Waals surface area contributed by atoms with Gasteiger partial charge in [0.1, 0.15) is 0 Å². The first-order valence-electron chi connectivity index (χ1n) is 8.34. The van der Waals surface area contributed by atoms with Gasteiger partial charge in [0.15, 0.2) is 0 Å². The van der Waals surface area contributed by atoms with E-state index >= 15 is 0 Å². The number of nitrogens with one attached hydrogen (secondary N) is 1. The molecular formula is C16H29NO3S. The van der Waals surface area contributed by atoms with Crippen LogP contribution < -0.4 is 5.32 Å². The van der Waals surface area contributed by atoms with Crippen molar-refractivity contribution in [2.24, 2.45) is 5.92 Å². The van der Waals surface area contributed by atoms with Crippen molar-refractivity contribution in [3.8, 4) is 0 Å². The number of rotatable bonds is 6. The lowest BCUT2D eigenvalue weighted by atomic mass is 9.79. The maximum Gasteiger partial charge on any atom is 0.308 e. The minimum atomic E-state index is -0.637. The summed E-state index contributed by atoms with van der Waals surface area (Å²) < 4.78 is 5.07. The van der Waals surface area contributed by atoms with E-state index in [1.54, 1.807) is 0 Å². The van der Waals surface area contributed by atoms with Crippen molar-refractivity contribution in [3.63, 3.8) is 0 Å². The van der Waals surface area contributed by atoms with Crippen molar-refractivity contribution in [1.82, 2.24) is 5.32 Å². The fourth-order valence-corrected chi connectivity index (χ4v) is 4.54. The Bertz CT molecular complexity index is 323. The molecule has 2 fully saturated rings. The number of ether oxygens (including phenoxy) is 1. The predicted octanol–water partition coefficient (Wildman–Crippen LogP) is 2.35. The summed E-state index contributed by atoms with van der Waals surface area (Å²) in [5, 5.41) is 14.8. The Morgan fingerprint density at radius 2 is 2.10 bits per heavy atom. The third-order valence-electron chi connectivity index (χ3n) is 4.64. The highest BCUT2D eigenvalue weighted by Gasteiger charge is 2.36. The molecule has 0 aromatic carbocycles. The van der Waals surface area contributed by atoms with Gasteiger partial charge in [0.05, 0.1) is 18.1 Å². The van der Waals surface area contributed by atoms with Gasteiger partial charge in [-0.2, -0.15) is 11.8 Å². The van der Waals surface area contributed by atoms with Crippen LogP contribution in [0.15, 0.2) is 0 Å². The lowest BCUT2D eigenvalue weighted by molar-refractivity contribution is -0.151. The smallest absolute Gasteiger partial charge is 0.308 e. The molecule has 2 N–H and O–H groups in total. The maximum absolute atomic E-state index is 11.7. The Hall–Kier alpha value is -0.260. The summed E-state index contributed by atoms with van der Waals surface area (Å²) in [5.74, 6) is 1.17. The molecular weight excluding hydrogens is 286 g/mol. The Morgan fingerprint density at radius 3 is 2.71 bits per heavy atom. The summed E-state index contributed by atoms with van der Waals surface area (Å²) in [6.07, 6.45) is 6.86. The van der Waals surface area contributed by atoms with E-state index in [1.807, 2.05) is 6.92 Å². The topological polar surface area (TPSA) is 58.6 Å². The van der Waals surface area contributed by atoms with Gasteiger partial charge in [-0.25, -0.2) is 0 Å². The van der Waals surface area contributed by atoms with Crippen LogP contribution in [0.25, 0.3) is 0 Å². The summed E-state index contributed by atoms with van der Waals surface area (Å²) in [5.41, 5.74) is -0.637. The molecule has 2 rings (SSSR count). The fourth-order valence-electron chi connectivity index (χ4n) is 3.26. The number of thioether (sulfide) groups is 1. The van der Waals surface area contributed by atoms with Gasteiger partial charge in [-0.3, -0.25) is 4.79 Å². The molecule has 2 aliphatic rings. The molecule has 0 radical (unpaired) electrons. The Labute approximate surface area is 132 Å². The molecule has 122 valence electrons. The summed E-state index contributed by atoms with van der Waals surface area (Å²) >= 11 is 2.05. The second-order valence-electron chi connectivity index (χ2n) is 6.37. The molecule has 0 spiro atoms. The van der Waals surface area contributed by atoms with E-state index in [4.69, 9.17) is 4.74 Å². The molecule has 0 amide bonds. The van der Waals surface area contributed by atoms with Crippen molar-refractivity contribution >= 4 is 17.7 Å². The van der Waals surface area contributed by atoms with Crippen molar-refractivity contribution < 1.29 is 14.6 Å². The van der Waals surface area contributed by atoms with Gasteiger partial charge in [-0.05, 0) is 51.2 Å². The SMILES string of the molecule is CCOC(=O)C1CCC(O)(CNCC2CCCCS2)CC1.